The second kappa shape index (κ2) is 9.62. The number of amides is 1. The van der Waals surface area contributed by atoms with Gasteiger partial charge in [-0.05, 0) is 49.4 Å². The average Bonchev–Trinajstić information content (AvgIpc) is 2.80. The minimum atomic E-state index is -3.27. The van der Waals surface area contributed by atoms with Crippen LogP contribution in [0.5, 0.6) is 0 Å². The van der Waals surface area contributed by atoms with E-state index in [1.807, 2.05) is 18.2 Å². The van der Waals surface area contributed by atoms with Crippen molar-refractivity contribution < 1.29 is 13.2 Å². The van der Waals surface area contributed by atoms with Crippen molar-refractivity contribution in [1.82, 2.24) is 14.3 Å². The summed E-state index contributed by atoms with van der Waals surface area (Å²) in [5.74, 6) is 0.0988. The van der Waals surface area contributed by atoms with Gasteiger partial charge >= 0.3 is 0 Å². The zero-order valence-corrected chi connectivity index (χ0v) is 19.6. The summed E-state index contributed by atoms with van der Waals surface area (Å²) >= 11 is 0. The molecule has 1 aromatic heterocycles. The van der Waals surface area contributed by atoms with E-state index in [9.17, 15) is 13.2 Å². The fourth-order valence-electron chi connectivity index (χ4n) is 4.40. The predicted octanol–water partition coefficient (Wildman–Crippen LogP) is 1.71. The number of rotatable bonds is 7. The first kappa shape index (κ1) is 23.4. The van der Waals surface area contributed by atoms with Crippen LogP contribution in [0.4, 0.5) is 17.5 Å². The smallest absolute Gasteiger partial charge is 0.254 e. The third-order valence-electron chi connectivity index (χ3n) is 6.39. The molecule has 2 aromatic rings. The number of primary amides is 1. The van der Waals surface area contributed by atoms with Crippen LogP contribution in [-0.4, -0.2) is 53.0 Å². The number of hydrogen-bond acceptors (Lipinski definition) is 8. The van der Waals surface area contributed by atoms with Gasteiger partial charge in [-0.2, -0.15) is 9.29 Å². The van der Waals surface area contributed by atoms with Crippen LogP contribution in [0, 0.1) is 0 Å². The van der Waals surface area contributed by atoms with Gasteiger partial charge in [0.15, 0.2) is 0 Å². The summed E-state index contributed by atoms with van der Waals surface area (Å²) in [7, 11) is -3.27. The van der Waals surface area contributed by atoms with Crippen LogP contribution >= 0.6 is 0 Å². The Bertz CT molecular complexity index is 1140. The highest BCUT2D eigenvalue weighted by Crippen LogP contribution is 2.27. The van der Waals surface area contributed by atoms with Gasteiger partial charge < -0.3 is 22.1 Å². The Kier molecular flexibility index (Phi) is 6.82. The SMILES string of the molecule is CCS(=O)(=O)N1CCc2ccc(Nc3nc(NC4CCCCC4N)ncc3C(N)=O)cc2C1. The molecule has 0 radical (unpaired) electrons. The van der Waals surface area contributed by atoms with Crippen molar-refractivity contribution >= 4 is 33.4 Å². The summed E-state index contributed by atoms with van der Waals surface area (Å²) in [6.45, 7) is 2.45. The van der Waals surface area contributed by atoms with Crippen LogP contribution in [0.2, 0.25) is 0 Å². The van der Waals surface area contributed by atoms with Crippen molar-refractivity contribution in [2.24, 2.45) is 11.5 Å². The standard InChI is InChI=1S/C22H31N7O3S/c1-2-33(31,32)29-10-9-14-7-8-16(11-15(14)13-29)26-21-17(20(24)30)12-25-22(28-21)27-19-6-4-3-5-18(19)23/h7-8,11-12,18-19H,2-6,9-10,13,23H2,1H3,(H2,24,30)(H2,25,26,27,28). The number of hydrogen-bond donors (Lipinski definition) is 4. The molecule has 33 heavy (non-hydrogen) atoms. The summed E-state index contributed by atoms with van der Waals surface area (Å²) < 4.78 is 26.1. The third kappa shape index (κ3) is 5.26. The lowest BCUT2D eigenvalue weighted by molar-refractivity contribution is 0.100. The molecule has 2 heterocycles. The molecule has 1 aliphatic heterocycles. The van der Waals surface area contributed by atoms with E-state index in [2.05, 4.69) is 20.6 Å². The summed E-state index contributed by atoms with van der Waals surface area (Å²) in [6.07, 6.45) is 6.15. The summed E-state index contributed by atoms with van der Waals surface area (Å²) in [6, 6.07) is 5.85. The summed E-state index contributed by atoms with van der Waals surface area (Å²) in [4.78, 5) is 20.7. The number of aromatic nitrogens is 2. The molecule has 10 nitrogen and oxygen atoms in total. The lowest BCUT2D eigenvalue weighted by Gasteiger charge is -2.29. The monoisotopic (exact) mass is 473 g/mol. The maximum Gasteiger partial charge on any atom is 0.254 e. The normalized spacial score (nSPS) is 21.3. The van der Waals surface area contributed by atoms with Crippen molar-refractivity contribution in [2.75, 3.05) is 22.9 Å². The molecule has 1 fully saturated rings. The van der Waals surface area contributed by atoms with Crippen molar-refractivity contribution in [3.63, 3.8) is 0 Å². The van der Waals surface area contributed by atoms with E-state index in [4.69, 9.17) is 11.5 Å². The second-order valence-corrected chi connectivity index (χ2v) is 10.9. The lowest BCUT2D eigenvalue weighted by Crippen LogP contribution is -2.43. The Morgan fingerprint density at radius 3 is 2.76 bits per heavy atom. The van der Waals surface area contributed by atoms with Crippen LogP contribution < -0.4 is 22.1 Å². The highest BCUT2D eigenvalue weighted by molar-refractivity contribution is 7.89. The third-order valence-corrected chi connectivity index (χ3v) is 8.22. The number of carbonyl (C=O) groups is 1. The Hall–Kier alpha value is -2.76. The van der Waals surface area contributed by atoms with Gasteiger partial charge in [0.25, 0.3) is 5.91 Å². The first-order valence-electron chi connectivity index (χ1n) is 11.3. The fraction of sp³-hybridized carbons (Fsp3) is 0.500. The second-order valence-electron chi connectivity index (χ2n) is 8.61. The quantitative estimate of drug-likeness (QED) is 0.473. The molecule has 2 aliphatic rings. The van der Waals surface area contributed by atoms with Crippen molar-refractivity contribution in [1.29, 1.82) is 0 Å². The Morgan fingerprint density at radius 2 is 2.03 bits per heavy atom. The van der Waals surface area contributed by atoms with Gasteiger partial charge in [0.1, 0.15) is 11.4 Å². The van der Waals surface area contributed by atoms with Gasteiger partial charge in [0, 0.05) is 37.1 Å². The highest BCUT2D eigenvalue weighted by atomic mass is 32.2. The van der Waals surface area contributed by atoms with E-state index in [0.29, 0.717) is 31.1 Å². The van der Waals surface area contributed by atoms with E-state index < -0.39 is 15.9 Å². The molecule has 2 atom stereocenters. The number of nitrogens with zero attached hydrogens (tertiary/aromatic N) is 3. The molecule has 0 bridgehead atoms. The molecule has 178 valence electrons. The minimum Gasteiger partial charge on any atom is -0.365 e. The van der Waals surface area contributed by atoms with Crippen LogP contribution in [-0.2, 0) is 23.0 Å². The Morgan fingerprint density at radius 1 is 1.24 bits per heavy atom. The molecule has 1 aromatic carbocycles. The molecule has 6 N–H and O–H groups in total. The van der Waals surface area contributed by atoms with Gasteiger partial charge in [0.2, 0.25) is 16.0 Å². The van der Waals surface area contributed by atoms with Gasteiger partial charge in [-0.15, -0.1) is 0 Å². The average molecular weight is 474 g/mol. The van der Waals surface area contributed by atoms with Gasteiger partial charge in [-0.1, -0.05) is 18.9 Å². The topological polar surface area (TPSA) is 156 Å². The Balaban J connectivity index is 1.58. The number of sulfonamides is 1. The van der Waals surface area contributed by atoms with Gasteiger partial charge in [-0.25, -0.2) is 13.4 Å². The largest absolute Gasteiger partial charge is 0.365 e. The molecule has 0 spiro atoms. The van der Waals surface area contributed by atoms with E-state index in [1.165, 1.54) is 10.5 Å². The first-order chi connectivity index (χ1) is 15.8. The number of carbonyl (C=O) groups excluding carboxylic acids is 1. The molecule has 1 saturated carbocycles. The zero-order chi connectivity index (χ0) is 23.6. The van der Waals surface area contributed by atoms with Gasteiger partial charge in [-0.3, -0.25) is 4.79 Å². The molecule has 11 heteroatoms. The maximum absolute atomic E-state index is 12.3. The maximum atomic E-state index is 12.3. The first-order valence-corrected chi connectivity index (χ1v) is 12.9. The molecule has 4 rings (SSSR count). The molecule has 1 aliphatic carbocycles. The molecular weight excluding hydrogens is 442 g/mol. The fourth-order valence-corrected chi connectivity index (χ4v) is 5.47. The summed E-state index contributed by atoms with van der Waals surface area (Å²) in [5, 5.41) is 6.46. The van der Waals surface area contributed by atoms with Crippen LogP contribution in [0.1, 0.15) is 54.1 Å². The number of benzene rings is 1. The van der Waals surface area contributed by atoms with Crippen molar-refractivity contribution in [3.05, 3.63) is 41.1 Å². The van der Waals surface area contributed by atoms with E-state index in [1.54, 1.807) is 6.92 Å². The zero-order valence-electron chi connectivity index (χ0n) is 18.8. The number of nitrogens with two attached hydrogens (primary N) is 2. The predicted molar refractivity (Wildman–Crippen MR) is 128 cm³/mol. The number of anilines is 3. The van der Waals surface area contributed by atoms with Gasteiger partial charge in [0.05, 0.1) is 5.75 Å². The van der Waals surface area contributed by atoms with Crippen molar-refractivity contribution in [3.8, 4) is 0 Å². The molecular formula is C22H31N7O3S. The Labute approximate surface area is 194 Å². The van der Waals surface area contributed by atoms with E-state index in [0.717, 1.165) is 36.8 Å². The number of fused-ring (bicyclic) bond motifs is 1. The number of nitrogens with one attached hydrogen (secondary N) is 2. The molecule has 0 saturated heterocycles. The van der Waals surface area contributed by atoms with Crippen molar-refractivity contribution in [2.45, 2.75) is 57.7 Å². The molecule has 1 amide bonds. The molecule has 2 unspecified atom stereocenters. The van der Waals surface area contributed by atoms with Crippen LogP contribution in [0.3, 0.4) is 0 Å². The van der Waals surface area contributed by atoms with Crippen LogP contribution in [0.15, 0.2) is 24.4 Å². The van der Waals surface area contributed by atoms with E-state index in [-0.39, 0.29) is 29.2 Å². The summed E-state index contributed by atoms with van der Waals surface area (Å²) in [5.41, 5.74) is 14.7. The highest BCUT2D eigenvalue weighted by Gasteiger charge is 2.26. The van der Waals surface area contributed by atoms with Crippen LogP contribution in [0.25, 0.3) is 0 Å². The lowest BCUT2D eigenvalue weighted by atomic mass is 9.91. The van der Waals surface area contributed by atoms with E-state index >= 15 is 0 Å². The minimum absolute atomic E-state index is 0.0255.